The van der Waals surface area contributed by atoms with Gasteiger partial charge in [0, 0.05) is 5.56 Å². The van der Waals surface area contributed by atoms with Crippen LogP contribution < -0.4 is 4.74 Å². The first-order chi connectivity index (χ1) is 12.1. The van der Waals surface area contributed by atoms with Crippen molar-refractivity contribution in [3.8, 4) is 11.4 Å². The number of carbonyl (C=O) groups excluding carboxylic acids is 1. The van der Waals surface area contributed by atoms with Crippen LogP contribution in [0.3, 0.4) is 0 Å². The second-order valence-electron chi connectivity index (χ2n) is 5.82. The number of ketones is 1. The molecule has 0 saturated heterocycles. The maximum Gasteiger partial charge on any atom is 0.185 e. The molecule has 0 spiro atoms. The molecule has 0 aliphatic rings. The van der Waals surface area contributed by atoms with Gasteiger partial charge in [0.25, 0.3) is 0 Å². The molecule has 0 radical (unpaired) electrons. The Hall–Kier alpha value is -3.21. The molecule has 25 heavy (non-hydrogen) atoms. The standard InChI is InChI=1S/C20H19N3O2/c1-15(2)25-19-10-6-17(7-11-19)20(24)12-5-16-3-8-18(9-4-16)23-14-21-13-22-23/h3-15H,1-2H3. The molecule has 3 rings (SSSR count). The lowest BCUT2D eigenvalue weighted by Gasteiger charge is -2.09. The fourth-order valence-corrected chi connectivity index (χ4v) is 2.32. The highest BCUT2D eigenvalue weighted by Crippen LogP contribution is 2.15. The summed E-state index contributed by atoms with van der Waals surface area (Å²) in [6.45, 7) is 3.94. The van der Waals surface area contributed by atoms with Gasteiger partial charge in [-0.1, -0.05) is 18.2 Å². The Morgan fingerprint density at radius 2 is 1.80 bits per heavy atom. The summed E-state index contributed by atoms with van der Waals surface area (Å²) < 4.78 is 7.26. The van der Waals surface area contributed by atoms with Crippen molar-refractivity contribution in [2.24, 2.45) is 0 Å². The first-order valence-corrected chi connectivity index (χ1v) is 8.06. The highest BCUT2D eigenvalue weighted by Gasteiger charge is 2.03. The van der Waals surface area contributed by atoms with Crippen LogP contribution in [0.25, 0.3) is 11.8 Å². The minimum atomic E-state index is -0.0450. The van der Waals surface area contributed by atoms with Crippen LogP contribution in [0.5, 0.6) is 5.75 Å². The van der Waals surface area contributed by atoms with Crippen molar-refractivity contribution in [3.05, 3.63) is 78.4 Å². The Balaban J connectivity index is 1.66. The van der Waals surface area contributed by atoms with E-state index in [9.17, 15) is 4.79 Å². The number of rotatable bonds is 6. The minimum Gasteiger partial charge on any atom is -0.491 e. The van der Waals surface area contributed by atoms with Gasteiger partial charge in [0.05, 0.1) is 11.8 Å². The second kappa shape index (κ2) is 7.57. The Morgan fingerprint density at radius 3 is 2.40 bits per heavy atom. The van der Waals surface area contributed by atoms with E-state index < -0.39 is 0 Å². The third kappa shape index (κ3) is 4.41. The van der Waals surface area contributed by atoms with Gasteiger partial charge < -0.3 is 4.74 Å². The van der Waals surface area contributed by atoms with E-state index in [1.807, 2.05) is 50.2 Å². The topological polar surface area (TPSA) is 57.0 Å². The summed E-state index contributed by atoms with van der Waals surface area (Å²) in [4.78, 5) is 16.2. The summed E-state index contributed by atoms with van der Waals surface area (Å²) in [7, 11) is 0. The molecule has 0 aliphatic carbocycles. The van der Waals surface area contributed by atoms with Crippen LogP contribution in [0.15, 0.2) is 67.3 Å². The van der Waals surface area contributed by atoms with E-state index in [4.69, 9.17) is 4.74 Å². The van der Waals surface area contributed by atoms with Gasteiger partial charge in [-0.05, 0) is 61.9 Å². The largest absolute Gasteiger partial charge is 0.491 e. The summed E-state index contributed by atoms with van der Waals surface area (Å²) in [5, 5.41) is 4.08. The zero-order valence-corrected chi connectivity index (χ0v) is 14.2. The van der Waals surface area contributed by atoms with E-state index in [0.29, 0.717) is 5.56 Å². The van der Waals surface area contributed by atoms with Gasteiger partial charge in [-0.2, -0.15) is 5.10 Å². The van der Waals surface area contributed by atoms with Gasteiger partial charge in [-0.25, -0.2) is 9.67 Å². The van der Waals surface area contributed by atoms with Crippen molar-refractivity contribution in [3.63, 3.8) is 0 Å². The van der Waals surface area contributed by atoms with Crippen LogP contribution in [0.4, 0.5) is 0 Å². The molecule has 1 aromatic heterocycles. The molecule has 5 nitrogen and oxygen atoms in total. The predicted molar refractivity (Wildman–Crippen MR) is 96.9 cm³/mol. The molecule has 5 heteroatoms. The lowest BCUT2D eigenvalue weighted by molar-refractivity contribution is 0.104. The Bertz CT molecular complexity index is 849. The molecule has 0 amide bonds. The first kappa shape index (κ1) is 16.6. The van der Waals surface area contributed by atoms with E-state index in [-0.39, 0.29) is 11.9 Å². The van der Waals surface area contributed by atoms with E-state index in [2.05, 4.69) is 10.1 Å². The van der Waals surface area contributed by atoms with E-state index in [1.54, 1.807) is 35.3 Å². The lowest BCUT2D eigenvalue weighted by Crippen LogP contribution is -2.05. The van der Waals surface area contributed by atoms with Crippen LogP contribution in [-0.4, -0.2) is 26.7 Å². The van der Waals surface area contributed by atoms with Crippen molar-refractivity contribution in [2.75, 3.05) is 0 Å². The molecule has 0 bridgehead atoms. The fourth-order valence-electron chi connectivity index (χ4n) is 2.32. The number of allylic oxidation sites excluding steroid dienone is 1. The second-order valence-corrected chi connectivity index (χ2v) is 5.82. The summed E-state index contributed by atoms with van der Waals surface area (Å²) >= 11 is 0. The zero-order chi connectivity index (χ0) is 17.6. The van der Waals surface area contributed by atoms with Crippen LogP contribution in [-0.2, 0) is 0 Å². The van der Waals surface area contributed by atoms with Gasteiger partial charge >= 0.3 is 0 Å². The summed E-state index contributed by atoms with van der Waals surface area (Å²) in [6.07, 6.45) is 6.61. The average molecular weight is 333 g/mol. The lowest BCUT2D eigenvalue weighted by atomic mass is 10.1. The highest BCUT2D eigenvalue weighted by molar-refractivity contribution is 6.06. The predicted octanol–water partition coefficient (Wildman–Crippen LogP) is 3.95. The highest BCUT2D eigenvalue weighted by atomic mass is 16.5. The van der Waals surface area contributed by atoms with Crippen molar-refractivity contribution < 1.29 is 9.53 Å². The SMILES string of the molecule is CC(C)Oc1ccc(C(=O)C=Cc2ccc(-n3cncn3)cc2)cc1. The number of nitrogens with zero attached hydrogens (tertiary/aromatic N) is 3. The van der Waals surface area contributed by atoms with Gasteiger partial charge in [-0.15, -0.1) is 0 Å². The molecule has 0 aliphatic heterocycles. The normalized spacial score (nSPS) is 11.2. The number of carbonyl (C=O) groups is 1. The number of ether oxygens (including phenoxy) is 1. The number of hydrogen-bond donors (Lipinski definition) is 0. The van der Waals surface area contributed by atoms with E-state index >= 15 is 0 Å². The molecule has 0 saturated carbocycles. The van der Waals surface area contributed by atoms with E-state index in [1.165, 1.54) is 6.33 Å². The monoisotopic (exact) mass is 333 g/mol. The summed E-state index contributed by atoms with van der Waals surface area (Å²) in [5.74, 6) is 0.718. The Morgan fingerprint density at radius 1 is 1.08 bits per heavy atom. The maximum atomic E-state index is 12.3. The van der Waals surface area contributed by atoms with Crippen molar-refractivity contribution >= 4 is 11.9 Å². The van der Waals surface area contributed by atoms with Crippen LogP contribution in [0.2, 0.25) is 0 Å². The van der Waals surface area contributed by atoms with Crippen molar-refractivity contribution in [2.45, 2.75) is 20.0 Å². The number of aromatic nitrogens is 3. The Labute approximate surface area is 146 Å². The van der Waals surface area contributed by atoms with Crippen molar-refractivity contribution in [1.82, 2.24) is 14.8 Å². The van der Waals surface area contributed by atoms with Gasteiger partial charge in [0.15, 0.2) is 5.78 Å². The third-order valence-electron chi connectivity index (χ3n) is 3.51. The average Bonchev–Trinajstić information content (AvgIpc) is 3.15. The van der Waals surface area contributed by atoms with Crippen LogP contribution in [0.1, 0.15) is 29.8 Å². The van der Waals surface area contributed by atoms with Crippen LogP contribution in [0, 0.1) is 0 Å². The molecular weight excluding hydrogens is 314 g/mol. The smallest absolute Gasteiger partial charge is 0.185 e. The number of benzene rings is 2. The third-order valence-corrected chi connectivity index (χ3v) is 3.51. The fraction of sp³-hybridized carbons (Fsp3) is 0.150. The van der Waals surface area contributed by atoms with E-state index in [0.717, 1.165) is 17.0 Å². The summed E-state index contributed by atoms with van der Waals surface area (Å²) in [6, 6.07) is 14.9. The number of hydrogen-bond acceptors (Lipinski definition) is 4. The molecule has 0 fully saturated rings. The molecule has 1 heterocycles. The quantitative estimate of drug-likeness (QED) is 0.506. The van der Waals surface area contributed by atoms with Gasteiger partial charge in [-0.3, -0.25) is 4.79 Å². The molecule has 2 aromatic carbocycles. The van der Waals surface area contributed by atoms with Crippen molar-refractivity contribution in [1.29, 1.82) is 0 Å². The molecule has 0 N–H and O–H groups in total. The molecule has 0 atom stereocenters. The first-order valence-electron chi connectivity index (χ1n) is 8.06. The summed E-state index contributed by atoms with van der Waals surface area (Å²) in [5.41, 5.74) is 2.49. The molecule has 0 unspecified atom stereocenters. The molecule has 3 aromatic rings. The zero-order valence-electron chi connectivity index (χ0n) is 14.2. The van der Waals surface area contributed by atoms with Crippen LogP contribution >= 0.6 is 0 Å². The van der Waals surface area contributed by atoms with Gasteiger partial charge in [0.1, 0.15) is 18.4 Å². The molecular formula is C20H19N3O2. The van der Waals surface area contributed by atoms with Gasteiger partial charge in [0.2, 0.25) is 0 Å². The maximum absolute atomic E-state index is 12.3. The Kier molecular flexibility index (Phi) is 5.04. The minimum absolute atomic E-state index is 0.0450. The molecule has 126 valence electrons.